The largest absolute Gasteiger partial charge is 0.397 e. The molecule has 112 valence electrons. The van der Waals surface area contributed by atoms with Crippen molar-refractivity contribution in [3.63, 3.8) is 0 Å². The van der Waals surface area contributed by atoms with E-state index in [1.54, 1.807) is 11.4 Å². The molecule has 1 aromatic heterocycles. The van der Waals surface area contributed by atoms with Crippen LogP contribution in [-0.4, -0.2) is 32.7 Å². The molecule has 2 aromatic rings. The van der Waals surface area contributed by atoms with E-state index < -0.39 is 10.0 Å². The molecule has 1 aromatic carbocycles. The van der Waals surface area contributed by atoms with Crippen LogP contribution in [-0.2, 0) is 10.0 Å². The van der Waals surface area contributed by atoms with Crippen molar-refractivity contribution in [1.29, 1.82) is 0 Å². The number of rotatable bonds is 4. The summed E-state index contributed by atoms with van der Waals surface area (Å²) in [4.78, 5) is 12.6. The first-order chi connectivity index (χ1) is 9.82. The van der Waals surface area contributed by atoms with E-state index in [4.69, 9.17) is 5.73 Å². The zero-order valence-electron chi connectivity index (χ0n) is 11.5. The molecule has 0 aliphatic heterocycles. The Morgan fingerprint density at radius 1 is 1.19 bits per heavy atom. The van der Waals surface area contributed by atoms with Crippen LogP contribution in [0.2, 0.25) is 0 Å². The van der Waals surface area contributed by atoms with Gasteiger partial charge in [-0.3, -0.25) is 4.79 Å². The van der Waals surface area contributed by atoms with Gasteiger partial charge in [0, 0.05) is 19.8 Å². The second-order valence-corrected chi connectivity index (χ2v) is 7.54. The lowest BCUT2D eigenvalue weighted by atomic mass is 10.3. The number of anilines is 2. The van der Waals surface area contributed by atoms with Gasteiger partial charge >= 0.3 is 0 Å². The zero-order valence-corrected chi connectivity index (χ0v) is 13.2. The molecule has 0 aliphatic rings. The molecule has 3 N–H and O–H groups in total. The average Bonchev–Trinajstić information content (AvgIpc) is 2.85. The zero-order chi connectivity index (χ0) is 15.6. The SMILES string of the molecule is CN(C)S(=O)(=O)c1ccc(NC(=O)c2sccc2N)cc1. The standard InChI is InChI=1S/C13H15N3O3S2/c1-16(2)21(18,19)10-5-3-9(4-6-10)15-13(17)12-11(14)7-8-20-12/h3-8H,14H2,1-2H3,(H,15,17). The molecule has 1 heterocycles. The third-order valence-electron chi connectivity index (χ3n) is 2.79. The third-order valence-corrected chi connectivity index (χ3v) is 5.55. The Bertz CT molecular complexity index is 749. The Balaban J connectivity index is 2.17. The fourth-order valence-electron chi connectivity index (χ4n) is 1.61. The number of nitrogen functional groups attached to an aromatic ring is 1. The molecule has 21 heavy (non-hydrogen) atoms. The monoisotopic (exact) mass is 325 g/mol. The number of thiophene rings is 1. The van der Waals surface area contributed by atoms with Crippen LogP contribution < -0.4 is 11.1 Å². The number of sulfonamides is 1. The summed E-state index contributed by atoms with van der Waals surface area (Å²) in [5, 5.41) is 4.41. The molecule has 0 saturated heterocycles. The van der Waals surface area contributed by atoms with Crippen molar-refractivity contribution < 1.29 is 13.2 Å². The lowest BCUT2D eigenvalue weighted by Gasteiger charge is -2.11. The Labute approximate surface area is 127 Å². The van der Waals surface area contributed by atoms with E-state index >= 15 is 0 Å². The minimum Gasteiger partial charge on any atom is -0.397 e. The maximum atomic E-state index is 12.0. The number of hydrogen-bond donors (Lipinski definition) is 2. The predicted molar refractivity (Wildman–Crippen MR) is 84.0 cm³/mol. The van der Waals surface area contributed by atoms with Crippen LogP contribution in [0.5, 0.6) is 0 Å². The lowest BCUT2D eigenvalue weighted by molar-refractivity contribution is 0.103. The molecule has 0 fully saturated rings. The molecule has 8 heteroatoms. The second kappa shape index (κ2) is 5.84. The summed E-state index contributed by atoms with van der Waals surface area (Å²) < 4.78 is 25.0. The van der Waals surface area contributed by atoms with Gasteiger partial charge < -0.3 is 11.1 Å². The van der Waals surface area contributed by atoms with Crippen molar-refractivity contribution in [3.05, 3.63) is 40.6 Å². The lowest BCUT2D eigenvalue weighted by Crippen LogP contribution is -2.22. The fourth-order valence-corrected chi connectivity index (χ4v) is 3.23. The molecule has 0 aliphatic carbocycles. The van der Waals surface area contributed by atoms with Gasteiger partial charge in [0.15, 0.2) is 0 Å². The van der Waals surface area contributed by atoms with Crippen molar-refractivity contribution in [2.75, 3.05) is 25.1 Å². The van der Waals surface area contributed by atoms with Crippen LogP contribution >= 0.6 is 11.3 Å². The smallest absolute Gasteiger partial charge is 0.267 e. The van der Waals surface area contributed by atoms with Crippen LogP contribution in [0.4, 0.5) is 11.4 Å². The highest BCUT2D eigenvalue weighted by molar-refractivity contribution is 7.89. The van der Waals surface area contributed by atoms with Crippen molar-refractivity contribution >= 4 is 38.6 Å². The molecule has 1 amide bonds. The number of carbonyl (C=O) groups is 1. The first-order valence-corrected chi connectivity index (χ1v) is 8.31. The third kappa shape index (κ3) is 3.23. The molecule has 0 atom stereocenters. The summed E-state index contributed by atoms with van der Waals surface area (Å²) in [6.45, 7) is 0. The topological polar surface area (TPSA) is 92.5 Å². The number of nitrogens with zero attached hydrogens (tertiary/aromatic N) is 1. The van der Waals surface area contributed by atoms with Crippen LogP contribution in [0.1, 0.15) is 9.67 Å². The number of nitrogens with two attached hydrogens (primary N) is 1. The molecule has 0 bridgehead atoms. The molecule has 0 saturated carbocycles. The Hall–Kier alpha value is -1.90. The second-order valence-electron chi connectivity index (χ2n) is 4.47. The van der Waals surface area contributed by atoms with Gasteiger partial charge in [-0.05, 0) is 35.7 Å². The molecule has 0 unspecified atom stereocenters. The number of amides is 1. The Morgan fingerprint density at radius 3 is 2.29 bits per heavy atom. The predicted octanol–water partition coefficient (Wildman–Crippen LogP) is 1.83. The van der Waals surface area contributed by atoms with E-state index in [0.717, 1.165) is 4.31 Å². The number of carbonyl (C=O) groups excluding carboxylic acids is 1. The fraction of sp³-hybridized carbons (Fsp3) is 0.154. The molecule has 2 rings (SSSR count). The average molecular weight is 325 g/mol. The normalized spacial score (nSPS) is 11.6. The van der Waals surface area contributed by atoms with E-state index in [1.807, 2.05) is 0 Å². The van der Waals surface area contributed by atoms with E-state index in [0.29, 0.717) is 16.3 Å². The summed E-state index contributed by atoms with van der Waals surface area (Å²) in [6.07, 6.45) is 0. The van der Waals surface area contributed by atoms with E-state index in [-0.39, 0.29) is 10.8 Å². The van der Waals surface area contributed by atoms with Gasteiger partial charge in [0.05, 0.1) is 10.6 Å². The van der Waals surface area contributed by atoms with Crippen LogP contribution in [0.15, 0.2) is 40.6 Å². The molecule has 0 spiro atoms. The minimum atomic E-state index is -3.47. The summed E-state index contributed by atoms with van der Waals surface area (Å²) in [5.41, 5.74) is 6.60. The van der Waals surface area contributed by atoms with Crippen molar-refractivity contribution in [3.8, 4) is 0 Å². The van der Waals surface area contributed by atoms with Crippen LogP contribution in [0.3, 0.4) is 0 Å². The Kier molecular flexibility index (Phi) is 4.31. The van der Waals surface area contributed by atoms with E-state index in [9.17, 15) is 13.2 Å². The van der Waals surface area contributed by atoms with E-state index in [2.05, 4.69) is 5.32 Å². The quantitative estimate of drug-likeness (QED) is 0.897. The highest BCUT2D eigenvalue weighted by atomic mass is 32.2. The summed E-state index contributed by atoms with van der Waals surface area (Å²) >= 11 is 1.25. The highest BCUT2D eigenvalue weighted by Crippen LogP contribution is 2.21. The van der Waals surface area contributed by atoms with Gasteiger partial charge in [0.2, 0.25) is 10.0 Å². The summed E-state index contributed by atoms with van der Waals surface area (Å²) in [7, 11) is -0.544. The number of benzene rings is 1. The minimum absolute atomic E-state index is 0.168. The van der Waals surface area contributed by atoms with Gasteiger partial charge in [-0.15, -0.1) is 11.3 Å². The molecule has 6 nitrogen and oxygen atoms in total. The molecule has 0 radical (unpaired) electrons. The van der Waals surface area contributed by atoms with Crippen molar-refractivity contribution in [1.82, 2.24) is 4.31 Å². The number of hydrogen-bond acceptors (Lipinski definition) is 5. The molecular formula is C13H15N3O3S2. The summed E-state index contributed by atoms with van der Waals surface area (Å²) in [6, 6.07) is 7.63. The molecular weight excluding hydrogens is 310 g/mol. The van der Waals surface area contributed by atoms with Gasteiger partial charge in [0.25, 0.3) is 5.91 Å². The van der Waals surface area contributed by atoms with Crippen LogP contribution in [0, 0.1) is 0 Å². The van der Waals surface area contributed by atoms with Gasteiger partial charge in [-0.1, -0.05) is 0 Å². The highest BCUT2D eigenvalue weighted by Gasteiger charge is 2.17. The van der Waals surface area contributed by atoms with E-state index in [1.165, 1.54) is 49.7 Å². The first kappa shape index (κ1) is 15.5. The van der Waals surface area contributed by atoms with Crippen molar-refractivity contribution in [2.45, 2.75) is 4.90 Å². The van der Waals surface area contributed by atoms with Crippen LogP contribution in [0.25, 0.3) is 0 Å². The Morgan fingerprint density at radius 2 is 1.81 bits per heavy atom. The maximum Gasteiger partial charge on any atom is 0.267 e. The maximum absolute atomic E-state index is 12.0. The van der Waals surface area contributed by atoms with Gasteiger partial charge in [-0.25, -0.2) is 12.7 Å². The first-order valence-electron chi connectivity index (χ1n) is 5.99. The van der Waals surface area contributed by atoms with Gasteiger partial charge in [-0.2, -0.15) is 0 Å². The number of nitrogens with one attached hydrogen (secondary N) is 1. The summed E-state index contributed by atoms with van der Waals surface area (Å²) in [5.74, 6) is -0.314. The van der Waals surface area contributed by atoms with Gasteiger partial charge in [0.1, 0.15) is 4.88 Å². The van der Waals surface area contributed by atoms with Crippen molar-refractivity contribution in [2.24, 2.45) is 0 Å².